The van der Waals surface area contributed by atoms with Crippen LogP contribution < -0.4 is 14.2 Å². The van der Waals surface area contributed by atoms with Gasteiger partial charge in [0.2, 0.25) is 5.89 Å². The summed E-state index contributed by atoms with van der Waals surface area (Å²) in [4.78, 5) is 0. The van der Waals surface area contributed by atoms with E-state index in [4.69, 9.17) is 18.6 Å². The van der Waals surface area contributed by atoms with E-state index in [-0.39, 0.29) is 11.6 Å². The molecule has 3 rings (SSSR count). The molecule has 0 radical (unpaired) electrons. The van der Waals surface area contributed by atoms with Crippen molar-refractivity contribution in [1.82, 2.24) is 10.2 Å². The Morgan fingerprint density at radius 3 is 2.48 bits per heavy atom. The van der Waals surface area contributed by atoms with Crippen LogP contribution in [0.3, 0.4) is 0 Å². The van der Waals surface area contributed by atoms with Crippen molar-refractivity contribution in [2.75, 3.05) is 21.3 Å². The van der Waals surface area contributed by atoms with Gasteiger partial charge in [0.25, 0.3) is 5.22 Å². The number of hydrogen-bond acceptors (Lipinski definition) is 7. The standard InChI is InChI=1S/C18H16BrFN2O4S/c1-23-14-5-4-11(8-13(14)20)17-21-22-18(26-17)27-9-10-6-12(19)16(25-3)15(7-10)24-2/h4-8H,9H2,1-3H3. The zero-order valence-corrected chi connectivity index (χ0v) is 17.2. The Labute approximate surface area is 168 Å². The van der Waals surface area contributed by atoms with E-state index in [2.05, 4.69) is 26.1 Å². The summed E-state index contributed by atoms with van der Waals surface area (Å²) in [6.07, 6.45) is 0. The van der Waals surface area contributed by atoms with Crippen molar-refractivity contribution in [1.29, 1.82) is 0 Å². The van der Waals surface area contributed by atoms with Gasteiger partial charge in [-0.2, -0.15) is 0 Å². The maximum absolute atomic E-state index is 13.8. The van der Waals surface area contributed by atoms with Crippen molar-refractivity contribution in [3.05, 3.63) is 46.2 Å². The van der Waals surface area contributed by atoms with Gasteiger partial charge in [0.1, 0.15) is 0 Å². The second-order valence-electron chi connectivity index (χ2n) is 5.32. The maximum Gasteiger partial charge on any atom is 0.277 e. The highest BCUT2D eigenvalue weighted by Gasteiger charge is 2.14. The molecule has 1 heterocycles. The highest BCUT2D eigenvalue weighted by atomic mass is 79.9. The lowest BCUT2D eigenvalue weighted by Gasteiger charge is -2.11. The van der Waals surface area contributed by atoms with Gasteiger partial charge in [-0.1, -0.05) is 11.8 Å². The van der Waals surface area contributed by atoms with Crippen LogP contribution in [-0.4, -0.2) is 31.5 Å². The molecule has 0 aliphatic heterocycles. The Hall–Kier alpha value is -2.26. The molecule has 0 amide bonds. The van der Waals surface area contributed by atoms with E-state index >= 15 is 0 Å². The fourth-order valence-corrected chi connectivity index (χ4v) is 3.73. The van der Waals surface area contributed by atoms with Crippen molar-refractivity contribution in [2.24, 2.45) is 0 Å². The number of halogens is 2. The molecular formula is C18H16BrFN2O4S. The topological polar surface area (TPSA) is 66.6 Å². The highest BCUT2D eigenvalue weighted by Crippen LogP contribution is 2.38. The van der Waals surface area contributed by atoms with Crippen molar-refractivity contribution < 1.29 is 23.0 Å². The van der Waals surface area contributed by atoms with E-state index in [0.717, 1.165) is 10.0 Å². The van der Waals surface area contributed by atoms with E-state index in [1.165, 1.54) is 31.0 Å². The van der Waals surface area contributed by atoms with Gasteiger partial charge in [0.15, 0.2) is 23.1 Å². The minimum Gasteiger partial charge on any atom is -0.494 e. The second-order valence-corrected chi connectivity index (χ2v) is 7.11. The summed E-state index contributed by atoms with van der Waals surface area (Å²) in [6.45, 7) is 0. The van der Waals surface area contributed by atoms with Gasteiger partial charge < -0.3 is 18.6 Å². The number of methoxy groups -OCH3 is 3. The van der Waals surface area contributed by atoms with Crippen LogP contribution in [-0.2, 0) is 5.75 Å². The summed E-state index contributed by atoms with van der Waals surface area (Å²) < 4.78 is 35.8. The fourth-order valence-electron chi connectivity index (χ4n) is 2.38. The minimum atomic E-state index is -0.488. The molecule has 0 atom stereocenters. The third-order valence-electron chi connectivity index (χ3n) is 3.66. The van der Waals surface area contributed by atoms with E-state index in [0.29, 0.717) is 28.0 Å². The van der Waals surface area contributed by atoms with Gasteiger partial charge in [-0.15, -0.1) is 10.2 Å². The largest absolute Gasteiger partial charge is 0.494 e. The maximum atomic E-state index is 13.8. The molecule has 142 valence electrons. The number of hydrogen-bond donors (Lipinski definition) is 0. The van der Waals surface area contributed by atoms with Crippen LogP contribution in [0.25, 0.3) is 11.5 Å². The third kappa shape index (κ3) is 4.36. The summed E-state index contributed by atoms with van der Waals surface area (Å²) in [5, 5.41) is 8.36. The van der Waals surface area contributed by atoms with Crippen LogP contribution in [0.1, 0.15) is 5.56 Å². The zero-order valence-electron chi connectivity index (χ0n) is 14.8. The number of rotatable bonds is 7. The lowest BCUT2D eigenvalue weighted by atomic mass is 10.2. The first-order chi connectivity index (χ1) is 13.0. The molecule has 0 N–H and O–H groups in total. The fraction of sp³-hybridized carbons (Fsp3) is 0.222. The van der Waals surface area contributed by atoms with Crippen LogP contribution in [0.2, 0.25) is 0 Å². The van der Waals surface area contributed by atoms with Crippen molar-refractivity contribution in [3.63, 3.8) is 0 Å². The van der Waals surface area contributed by atoms with Crippen LogP contribution in [0, 0.1) is 5.82 Å². The van der Waals surface area contributed by atoms with E-state index in [9.17, 15) is 4.39 Å². The number of benzene rings is 2. The molecule has 9 heteroatoms. The normalized spacial score (nSPS) is 10.7. The predicted molar refractivity (Wildman–Crippen MR) is 103 cm³/mol. The number of ether oxygens (including phenoxy) is 3. The lowest BCUT2D eigenvalue weighted by molar-refractivity contribution is 0.353. The smallest absolute Gasteiger partial charge is 0.277 e. The van der Waals surface area contributed by atoms with Gasteiger partial charge in [-0.05, 0) is 51.8 Å². The quantitative estimate of drug-likeness (QED) is 0.467. The lowest BCUT2D eigenvalue weighted by Crippen LogP contribution is -1.93. The van der Waals surface area contributed by atoms with Gasteiger partial charge in [0.05, 0.1) is 25.8 Å². The monoisotopic (exact) mass is 454 g/mol. The molecule has 2 aromatic carbocycles. The molecule has 6 nitrogen and oxygen atoms in total. The Balaban J connectivity index is 1.73. The Morgan fingerprint density at radius 2 is 1.81 bits per heavy atom. The summed E-state index contributed by atoms with van der Waals surface area (Å²) >= 11 is 4.83. The Kier molecular flexibility index (Phi) is 6.22. The molecule has 0 saturated heterocycles. The first kappa shape index (κ1) is 19.5. The van der Waals surface area contributed by atoms with Crippen LogP contribution in [0.4, 0.5) is 4.39 Å². The van der Waals surface area contributed by atoms with Gasteiger partial charge in [-0.25, -0.2) is 4.39 Å². The predicted octanol–water partition coefficient (Wildman–Crippen LogP) is 4.96. The molecule has 1 aromatic heterocycles. The molecule has 0 bridgehead atoms. The van der Waals surface area contributed by atoms with E-state index in [1.807, 2.05) is 12.1 Å². The number of nitrogens with zero attached hydrogens (tertiary/aromatic N) is 2. The zero-order chi connectivity index (χ0) is 19.4. The number of aromatic nitrogens is 2. The molecule has 0 saturated carbocycles. The first-order valence-electron chi connectivity index (χ1n) is 7.76. The molecule has 0 aliphatic carbocycles. The van der Waals surface area contributed by atoms with Crippen molar-refractivity contribution in [3.8, 4) is 28.7 Å². The first-order valence-corrected chi connectivity index (χ1v) is 9.54. The van der Waals surface area contributed by atoms with Gasteiger partial charge in [0, 0.05) is 11.3 Å². The SMILES string of the molecule is COc1ccc(-c2nnc(SCc3cc(Br)c(OC)c(OC)c3)o2)cc1F. The molecule has 0 spiro atoms. The average Bonchev–Trinajstić information content (AvgIpc) is 3.14. The molecule has 27 heavy (non-hydrogen) atoms. The Bertz CT molecular complexity index is 951. The van der Waals surface area contributed by atoms with Gasteiger partial charge in [-0.3, -0.25) is 0 Å². The average molecular weight is 455 g/mol. The summed E-state index contributed by atoms with van der Waals surface area (Å²) in [6, 6.07) is 8.29. The summed E-state index contributed by atoms with van der Waals surface area (Å²) in [7, 11) is 4.57. The van der Waals surface area contributed by atoms with Crippen LogP contribution >= 0.6 is 27.7 Å². The summed E-state index contributed by atoms with van der Waals surface area (Å²) in [5.74, 6) is 1.75. The number of thioether (sulfide) groups is 1. The van der Waals surface area contributed by atoms with Crippen LogP contribution in [0.15, 0.2) is 44.4 Å². The third-order valence-corrected chi connectivity index (χ3v) is 5.14. The molecule has 0 unspecified atom stereocenters. The Morgan fingerprint density at radius 1 is 1.04 bits per heavy atom. The van der Waals surface area contributed by atoms with Crippen LogP contribution in [0.5, 0.6) is 17.2 Å². The van der Waals surface area contributed by atoms with E-state index < -0.39 is 5.82 Å². The molecular weight excluding hydrogens is 439 g/mol. The van der Waals surface area contributed by atoms with Crippen molar-refractivity contribution in [2.45, 2.75) is 11.0 Å². The summed E-state index contributed by atoms with van der Waals surface area (Å²) in [5.41, 5.74) is 1.47. The molecule has 3 aromatic rings. The highest BCUT2D eigenvalue weighted by molar-refractivity contribution is 9.10. The van der Waals surface area contributed by atoms with Gasteiger partial charge >= 0.3 is 0 Å². The second kappa shape index (κ2) is 8.62. The minimum absolute atomic E-state index is 0.159. The molecule has 0 aliphatic rings. The molecule has 0 fully saturated rings. The van der Waals surface area contributed by atoms with E-state index in [1.54, 1.807) is 20.3 Å². The van der Waals surface area contributed by atoms with Crippen molar-refractivity contribution >= 4 is 27.7 Å².